The van der Waals surface area contributed by atoms with E-state index in [2.05, 4.69) is 16.7 Å². The highest BCUT2D eigenvalue weighted by Crippen LogP contribution is 2.05. The minimum absolute atomic E-state index is 0.0694. The van der Waals surface area contributed by atoms with Crippen molar-refractivity contribution in [2.45, 2.75) is 12.8 Å². The fourth-order valence-corrected chi connectivity index (χ4v) is 1.94. The number of hydrogen-bond acceptors (Lipinski definition) is 2. The molecule has 0 aliphatic carbocycles. The molecule has 0 unspecified atom stereocenters. The zero-order valence-electron chi connectivity index (χ0n) is 10.2. The topological polar surface area (TPSA) is 41.1 Å². The molecule has 4 heteroatoms. The summed E-state index contributed by atoms with van der Waals surface area (Å²) in [4.78, 5) is 11.7. The number of nitrogens with one attached hydrogen (secondary N) is 2. The largest absolute Gasteiger partial charge is 0.352 e. The van der Waals surface area contributed by atoms with E-state index < -0.39 is 0 Å². The van der Waals surface area contributed by atoms with Crippen LogP contribution in [-0.4, -0.2) is 25.5 Å². The van der Waals surface area contributed by atoms with Crippen molar-refractivity contribution in [3.05, 3.63) is 47.3 Å². The van der Waals surface area contributed by atoms with Gasteiger partial charge >= 0.3 is 0 Å². The lowest BCUT2D eigenvalue weighted by molar-refractivity contribution is -0.120. The van der Waals surface area contributed by atoms with Crippen LogP contribution in [0.25, 0.3) is 0 Å². The Morgan fingerprint density at radius 2 is 2.33 bits per heavy atom. The molecular weight excluding hydrogens is 231 g/mol. The summed E-state index contributed by atoms with van der Waals surface area (Å²) in [6.45, 7) is 2.43. The Hall–Kier alpha value is -1.68. The van der Waals surface area contributed by atoms with Gasteiger partial charge in [-0.05, 0) is 30.7 Å². The molecule has 1 aromatic rings. The molecular formula is C14H17FN2O. The van der Waals surface area contributed by atoms with Crippen molar-refractivity contribution in [1.29, 1.82) is 0 Å². The SMILES string of the molecule is O=C(Cc1cccc(F)c1)NCC1=CCNCC1. The highest BCUT2D eigenvalue weighted by Gasteiger charge is 2.07. The summed E-state index contributed by atoms with van der Waals surface area (Å²) in [6.07, 6.45) is 3.30. The Kier molecular flexibility index (Phi) is 4.47. The maximum absolute atomic E-state index is 12.9. The second-order valence-electron chi connectivity index (χ2n) is 4.40. The molecule has 18 heavy (non-hydrogen) atoms. The zero-order valence-corrected chi connectivity index (χ0v) is 10.2. The molecule has 1 aliphatic heterocycles. The van der Waals surface area contributed by atoms with E-state index in [-0.39, 0.29) is 18.1 Å². The highest BCUT2D eigenvalue weighted by molar-refractivity contribution is 5.78. The zero-order chi connectivity index (χ0) is 12.8. The third kappa shape index (κ3) is 3.96. The smallest absolute Gasteiger partial charge is 0.224 e. The second kappa shape index (κ2) is 6.31. The van der Waals surface area contributed by atoms with Gasteiger partial charge in [0.15, 0.2) is 0 Å². The molecule has 0 fully saturated rings. The molecule has 1 aliphatic rings. The van der Waals surface area contributed by atoms with Crippen LogP contribution in [0, 0.1) is 5.82 Å². The van der Waals surface area contributed by atoms with Crippen LogP contribution in [0.4, 0.5) is 4.39 Å². The van der Waals surface area contributed by atoms with E-state index in [0.717, 1.165) is 19.5 Å². The van der Waals surface area contributed by atoms with Gasteiger partial charge in [-0.3, -0.25) is 4.79 Å². The molecule has 1 aromatic carbocycles. The summed E-state index contributed by atoms with van der Waals surface area (Å²) in [5.41, 5.74) is 1.95. The van der Waals surface area contributed by atoms with E-state index in [4.69, 9.17) is 0 Å². The van der Waals surface area contributed by atoms with Crippen LogP contribution in [0.15, 0.2) is 35.9 Å². The fraction of sp³-hybridized carbons (Fsp3) is 0.357. The molecule has 0 spiro atoms. The molecule has 0 radical (unpaired) electrons. The van der Waals surface area contributed by atoms with Gasteiger partial charge in [0, 0.05) is 13.1 Å². The fourth-order valence-electron chi connectivity index (χ4n) is 1.94. The van der Waals surface area contributed by atoms with Crippen molar-refractivity contribution in [2.75, 3.05) is 19.6 Å². The molecule has 2 N–H and O–H groups in total. The Bertz CT molecular complexity index is 457. The first-order valence-electron chi connectivity index (χ1n) is 6.14. The van der Waals surface area contributed by atoms with E-state index in [0.29, 0.717) is 12.1 Å². The van der Waals surface area contributed by atoms with Gasteiger partial charge in [-0.15, -0.1) is 0 Å². The van der Waals surface area contributed by atoms with E-state index >= 15 is 0 Å². The normalized spacial score (nSPS) is 15.1. The summed E-state index contributed by atoms with van der Waals surface area (Å²) in [5.74, 6) is -0.374. The van der Waals surface area contributed by atoms with Crippen molar-refractivity contribution in [3.63, 3.8) is 0 Å². The maximum Gasteiger partial charge on any atom is 0.224 e. The predicted molar refractivity (Wildman–Crippen MR) is 68.7 cm³/mol. The number of carbonyl (C=O) groups excluding carboxylic acids is 1. The quantitative estimate of drug-likeness (QED) is 0.791. The first-order valence-corrected chi connectivity index (χ1v) is 6.14. The van der Waals surface area contributed by atoms with Crippen molar-refractivity contribution in [3.8, 4) is 0 Å². The van der Waals surface area contributed by atoms with Crippen LogP contribution < -0.4 is 10.6 Å². The maximum atomic E-state index is 12.9. The van der Waals surface area contributed by atoms with E-state index in [1.165, 1.54) is 17.7 Å². The number of carbonyl (C=O) groups is 1. The summed E-state index contributed by atoms with van der Waals surface area (Å²) in [6, 6.07) is 6.14. The average molecular weight is 248 g/mol. The Labute approximate surface area is 106 Å². The number of halogens is 1. The Balaban J connectivity index is 1.80. The van der Waals surface area contributed by atoms with Crippen LogP contribution in [0.1, 0.15) is 12.0 Å². The van der Waals surface area contributed by atoms with Crippen LogP contribution in [-0.2, 0) is 11.2 Å². The van der Waals surface area contributed by atoms with Crippen molar-refractivity contribution in [1.82, 2.24) is 10.6 Å². The summed E-state index contributed by atoms with van der Waals surface area (Å²) in [5, 5.41) is 6.08. The van der Waals surface area contributed by atoms with E-state index in [1.807, 2.05) is 0 Å². The molecule has 0 saturated carbocycles. The van der Waals surface area contributed by atoms with Gasteiger partial charge in [-0.2, -0.15) is 0 Å². The number of benzene rings is 1. The van der Waals surface area contributed by atoms with Gasteiger partial charge < -0.3 is 10.6 Å². The van der Waals surface area contributed by atoms with Gasteiger partial charge in [-0.25, -0.2) is 4.39 Å². The van der Waals surface area contributed by atoms with Crippen LogP contribution >= 0.6 is 0 Å². The molecule has 0 atom stereocenters. The van der Waals surface area contributed by atoms with Gasteiger partial charge in [0.1, 0.15) is 5.82 Å². The number of rotatable bonds is 4. The lowest BCUT2D eigenvalue weighted by atomic mass is 10.1. The van der Waals surface area contributed by atoms with Crippen LogP contribution in [0.2, 0.25) is 0 Å². The van der Waals surface area contributed by atoms with E-state index in [9.17, 15) is 9.18 Å². The minimum Gasteiger partial charge on any atom is -0.352 e. The summed E-state index contributed by atoms with van der Waals surface area (Å²) >= 11 is 0. The van der Waals surface area contributed by atoms with Gasteiger partial charge in [0.25, 0.3) is 0 Å². The van der Waals surface area contributed by atoms with Gasteiger partial charge in [0.05, 0.1) is 6.42 Å². The average Bonchev–Trinajstić information content (AvgIpc) is 2.38. The molecule has 0 bridgehead atoms. The second-order valence-corrected chi connectivity index (χ2v) is 4.40. The third-order valence-corrected chi connectivity index (χ3v) is 2.92. The monoisotopic (exact) mass is 248 g/mol. The summed E-state index contributed by atoms with van der Waals surface area (Å²) in [7, 11) is 0. The molecule has 0 aromatic heterocycles. The summed E-state index contributed by atoms with van der Waals surface area (Å²) < 4.78 is 12.9. The van der Waals surface area contributed by atoms with Crippen LogP contribution in [0.3, 0.4) is 0 Å². The number of amides is 1. The number of hydrogen-bond donors (Lipinski definition) is 2. The van der Waals surface area contributed by atoms with Crippen molar-refractivity contribution < 1.29 is 9.18 Å². The van der Waals surface area contributed by atoms with Gasteiger partial charge in [0.2, 0.25) is 5.91 Å². The standard InChI is InChI=1S/C14H17FN2O/c15-13-3-1-2-12(8-13)9-14(18)17-10-11-4-6-16-7-5-11/h1-4,8,16H,5-7,9-10H2,(H,17,18). The Morgan fingerprint density at radius 1 is 1.44 bits per heavy atom. The third-order valence-electron chi connectivity index (χ3n) is 2.92. The molecule has 1 amide bonds. The molecule has 96 valence electrons. The molecule has 1 heterocycles. The first-order chi connectivity index (χ1) is 8.74. The van der Waals surface area contributed by atoms with E-state index in [1.54, 1.807) is 12.1 Å². The molecule has 3 nitrogen and oxygen atoms in total. The first kappa shape index (κ1) is 12.8. The lowest BCUT2D eigenvalue weighted by Gasteiger charge is -2.14. The predicted octanol–water partition coefficient (Wildman–Crippen LogP) is 1.40. The van der Waals surface area contributed by atoms with Gasteiger partial charge in [-0.1, -0.05) is 23.8 Å². The van der Waals surface area contributed by atoms with Crippen molar-refractivity contribution in [2.24, 2.45) is 0 Å². The minimum atomic E-state index is -0.304. The molecule has 0 saturated heterocycles. The Morgan fingerprint density at radius 3 is 3.06 bits per heavy atom. The molecule has 2 rings (SSSR count). The van der Waals surface area contributed by atoms with Crippen molar-refractivity contribution >= 4 is 5.91 Å². The lowest BCUT2D eigenvalue weighted by Crippen LogP contribution is -2.30. The highest BCUT2D eigenvalue weighted by atomic mass is 19.1. The van der Waals surface area contributed by atoms with Crippen LogP contribution in [0.5, 0.6) is 0 Å².